The number of amides is 1. The largest absolute Gasteiger partial charge is 0.362 e. The van der Waals surface area contributed by atoms with Gasteiger partial charge in [-0.05, 0) is 48.5 Å². The molecule has 35 heavy (non-hydrogen) atoms. The first-order valence-electron chi connectivity index (χ1n) is 11.0. The van der Waals surface area contributed by atoms with Crippen molar-refractivity contribution in [3.05, 3.63) is 102 Å². The lowest BCUT2D eigenvalue weighted by Gasteiger charge is -2.10. The van der Waals surface area contributed by atoms with Crippen molar-refractivity contribution in [2.75, 3.05) is 10.6 Å². The molecule has 3 aromatic carbocycles. The van der Waals surface area contributed by atoms with Crippen LogP contribution in [0.25, 0.3) is 34.4 Å². The molecule has 0 radical (unpaired) electrons. The van der Waals surface area contributed by atoms with Gasteiger partial charge in [-0.15, -0.1) is 0 Å². The summed E-state index contributed by atoms with van der Waals surface area (Å²) in [7, 11) is 0. The highest BCUT2D eigenvalue weighted by Crippen LogP contribution is 2.36. The average Bonchev–Trinajstić information content (AvgIpc) is 3.63. The van der Waals surface area contributed by atoms with Gasteiger partial charge in [-0.25, -0.2) is 9.37 Å². The maximum absolute atomic E-state index is 14.7. The number of H-pyrrole nitrogens is 2. The van der Waals surface area contributed by atoms with E-state index in [4.69, 9.17) is 0 Å². The number of aromatic nitrogens is 4. The molecule has 0 saturated heterocycles. The van der Waals surface area contributed by atoms with Gasteiger partial charge < -0.3 is 15.6 Å². The van der Waals surface area contributed by atoms with Gasteiger partial charge in [-0.1, -0.05) is 36.4 Å². The predicted octanol–water partition coefficient (Wildman–Crippen LogP) is 5.84. The summed E-state index contributed by atoms with van der Waals surface area (Å²) in [6.45, 7) is 0. The summed E-state index contributed by atoms with van der Waals surface area (Å²) in [5, 5.41) is 13.2. The van der Waals surface area contributed by atoms with Crippen molar-refractivity contribution in [3.63, 3.8) is 0 Å². The van der Waals surface area contributed by atoms with Crippen LogP contribution in [-0.4, -0.2) is 26.1 Å². The molecule has 0 spiro atoms. The summed E-state index contributed by atoms with van der Waals surface area (Å²) in [5.74, 6) is 0.507. The second-order valence-corrected chi connectivity index (χ2v) is 8.09. The van der Waals surface area contributed by atoms with Crippen molar-refractivity contribution in [2.24, 2.45) is 0 Å². The number of anilines is 3. The van der Waals surface area contributed by atoms with Crippen LogP contribution in [0.5, 0.6) is 0 Å². The van der Waals surface area contributed by atoms with E-state index in [2.05, 4.69) is 30.8 Å². The van der Waals surface area contributed by atoms with Crippen LogP contribution in [0.15, 0.2) is 85.1 Å². The minimum atomic E-state index is -0.413. The quantitative estimate of drug-likeness (QED) is 0.247. The van der Waals surface area contributed by atoms with E-state index in [1.54, 1.807) is 30.5 Å². The van der Waals surface area contributed by atoms with Crippen molar-refractivity contribution in [2.45, 2.75) is 0 Å². The van der Waals surface area contributed by atoms with Crippen LogP contribution in [0.4, 0.5) is 21.5 Å². The Bertz CT molecular complexity index is 1570. The highest BCUT2D eigenvalue weighted by Gasteiger charge is 2.24. The molecule has 1 aliphatic rings. The van der Waals surface area contributed by atoms with Gasteiger partial charge in [0.1, 0.15) is 5.82 Å². The van der Waals surface area contributed by atoms with Crippen LogP contribution in [0.2, 0.25) is 0 Å². The molecule has 5 aromatic rings. The lowest BCUT2D eigenvalue weighted by molar-refractivity contribution is -0.110. The fraction of sp³-hybridized carbons (Fsp3) is 0. The third kappa shape index (κ3) is 3.97. The number of halogens is 1. The summed E-state index contributed by atoms with van der Waals surface area (Å²) in [4.78, 5) is 20.1. The molecule has 2 aromatic heterocycles. The molecule has 1 aliphatic heterocycles. The van der Waals surface area contributed by atoms with Gasteiger partial charge in [0, 0.05) is 34.3 Å². The lowest BCUT2D eigenvalue weighted by Crippen LogP contribution is -2.03. The molecule has 0 atom stereocenters. The van der Waals surface area contributed by atoms with E-state index in [0.717, 1.165) is 16.8 Å². The molecule has 7 nitrogen and oxygen atoms in total. The highest BCUT2D eigenvalue weighted by atomic mass is 19.1. The number of fused-ring (bicyclic) bond motifs is 1. The van der Waals surface area contributed by atoms with E-state index in [-0.39, 0.29) is 11.6 Å². The number of hydrogen-bond acceptors (Lipinski definition) is 4. The summed E-state index contributed by atoms with van der Waals surface area (Å²) in [6, 6.07) is 23.5. The van der Waals surface area contributed by atoms with Crippen LogP contribution < -0.4 is 10.6 Å². The summed E-state index contributed by atoms with van der Waals surface area (Å²) < 4.78 is 14.7. The van der Waals surface area contributed by atoms with Crippen LogP contribution >= 0.6 is 0 Å². The Morgan fingerprint density at radius 3 is 2.63 bits per heavy atom. The number of nitrogens with zero attached hydrogens (tertiary/aromatic N) is 2. The third-order valence-electron chi connectivity index (χ3n) is 5.76. The van der Waals surface area contributed by atoms with Gasteiger partial charge in [-0.2, -0.15) is 5.10 Å². The SMILES string of the molecule is O=C1Nc2cc(Nc3cc(-c4n[nH]c(-c5ccccc5)n4)ccc3F)ccc2/C1=C/c1ccc[nH]1. The van der Waals surface area contributed by atoms with Gasteiger partial charge in [0.15, 0.2) is 11.6 Å². The van der Waals surface area contributed by atoms with Gasteiger partial charge in [0.25, 0.3) is 5.91 Å². The zero-order chi connectivity index (χ0) is 23.8. The second-order valence-electron chi connectivity index (χ2n) is 8.09. The van der Waals surface area contributed by atoms with Crippen molar-refractivity contribution in [3.8, 4) is 22.8 Å². The van der Waals surface area contributed by atoms with E-state index < -0.39 is 5.82 Å². The van der Waals surface area contributed by atoms with Crippen LogP contribution in [0, 0.1) is 5.82 Å². The first-order chi connectivity index (χ1) is 17.1. The number of benzene rings is 3. The molecule has 0 bridgehead atoms. The molecule has 170 valence electrons. The molecule has 0 fully saturated rings. The van der Waals surface area contributed by atoms with Crippen LogP contribution in [0.3, 0.4) is 0 Å². The highest BCUT2D eigenvalue weighted by molar-refractivity contribution is 6.35. The lowest BCUT2D eigenvalue weighted by atomic mass is 10.1. The Balaban J connectivity index is 1.27. The predicted molar refractivity (Wildman–Crippen MR) is 134 cm³/mol. The first-order valence-corrected chi connectivity index (χ1v) is 11.0. The number of nitrogens with one attached hydrogen (secondary N) is 4. The summed E-state index contributed by atoms with van der Waals surface area (Å²) in [6.07, 6.45) is 3.61. The summed E-state index contributed by atoms with van der Waals surface area (Å²) in [5.41, 5.74) is 5.36. The molecule has 0 saturated carbocycles. The van der Waals surface area contributed by atoms with Crippen molar-refractivity contribution in [1.29, 1.82) is 0 Å². The van der Waals surface area contributed by atoms with Crippen LogP contribution in [0.1, 0.15) is 11.3 Å². The number of rotatable bonds is 5. The zero-order valence-corrected chi connectivity index (χ0v) is 18.3. The Morgan fingerprint density at radius 2 is 1.80 bits per heavy atom. The maximum atomic E-state index is 14.7. The Hall–Kier alpha value is -4.98. The van der Waals surface area contributed by atoms with E-state index in [1.165, 1.54) is 6.07 Å². The molecule has 8 heteroatoms. The second kappa shape index (κ2) is 8.42. The number of carbonyl (C=O) groups excluding carboxylic acids is 1. The molecule has 0 unspecified atom stereocenters. The number of carbonyl (C=O) groups is 1. The number of hydrogen-bond donors (Lipinski definition) is 4. The van der Waals surface area contributed by atoms with E-state index >= 15 is 0 Å². The van der Waals surface area contributed by atoms with Gasteiger partial charge >= 0.3 is 0 Å². The van der Waals surface area contributed by atoms with E-state index in [0.29, 0.717) is 34.2 Å². The molecule has 0 aliphatic carbocycles. The molecular weight excluding hydrogens is 443 g/mol. The molecule has 1 amide bonds. The Morgan fingerprint density at radius 1 is 0.914 bits per heavy atom. The molecule has 6 rings (SSSR count). The first kappa shape index (κ1) is 20.6. The zero-order valence-electron chi connectivity index (χ0n) is 18.3. The maximum Gasteiger partial charge on any atom is 0.256 e. The minimum Gasteiger partial charge on any atom is -0.362 e. The van der Waals surface area contributed by atoms with Gasteiger partial charge in [0.05, 0.1) is 16.9 Å². The Kier molecular flexibility index (Phi) is 4.96. The van der Waals surface area contributed by atoms with Crippen molar-refractivity contribution >= 4 is 34.6 Å². The third-order valence-corrected chi connectivity index (χ3v) is 5.76. The van der Waals surface area contributed by atoms with Gasteiger partial charge in [-0.3, -0.25) is 9.89 Å². The molecule has 4 N–H and O–H groups in total. The van der Waals surface area contributed by atoms with E-state index in [1.807, 2.05) is 54.6 Å². The van der Waals surface area contributed by atoms with Gasteiger partial charge in [0.2, 0.25) is 0 Å². The summed E-state index contributed by atoms with van der Waals surface area (Å²) >= 11 is 0. The van der Waals surface area contributed by atoms with Crippen molar-refractivity contribution in [1.82, 2.24) is 20.2 Å². The average molecular weight is 462 g/mol. The normalized spacial score (nSPS) is 13.6. The standard InChI is InChI=1S/C27H19FN6O/c28-22-11-8-17(26-32-25(33-34-26)16-5-2-1-3-6-16)13-24(22)30-19-9-10-20-21(14-18-7-4-12-29-18)27(35)31-23(20)15-19/h1-15,29-30H,(H,31,35)(H,32,33,34)/b21-14-. The smallest absolute Gasteiger partial charge is 0.256 e. The molecular formula is C27H19FN6O. The fourth-order valence-electron chi connectivity index (χ4n) is 4.04. The molecule has 3 heterocycles. The fourth-order valence-corrected chi connectivity index (χ4v) is 4.04. The van der Waals surface area contributed by atoms with Crippen LogP contribution in [-0.2, 0) is 4.79 Å². The van der Waals surface area contributed by atoms with E-state index in [9.17, 15) is 9.18 Å². The Labute approximate surface area is 199 Å². The number of aromatic amines is 2. The van der Waals surface area contributed by atoms with Crippen molar-refractivity contribution < 1.29 is 9.18 Å². The monoisotopic (exact) mass is 462 g/mol. The topological polar surface area (TPSA) is 98.5 Å². The minimum absolute atomic E-state index is 0.182.